The summed E-state index contributed by atoms with van der Waals surface area (Å²) in [5.41, 5.74) is 8.72. The van der Waals surface area contributed by atoms with E-state index in [1.54, 1.807) is 35.0 Å². The van der Waals surface area contributed by atoms with Crippen LogP contribution in [-0.4, -0.2) is 45.6 Å². The Hall–Kier alpha value is -3.54. The summed E-state index contributed by atoms with van der Waals surface area (Å²) in [6.07, 6.45) is 1.91. The van der Waals surface area contributed by atoms with Gasteiger partial charge in [-0.1, -0.05) is 30.3 Å². The van der Waals surface area contributed by atoms with Crippen molar-refractivity contribution in [3.05, 3.63) is 77.2 Å². The average Bonchev–Trinajstić information content (AvgIpc) is 3.51. The first-order valence-electron chi connectivity index (χ1n) is 11.1. The number of ether oxygens (including phenoxy) is 1. The number of aromatic nitrogens is 4. The third kappa shape index (κ3) is 4.52. The molecule has 1 saturated heterocycles. The van der Waals surface area contributed by atoms with E-state index in [9.17, 15) is 12.8 Å². The van der Waals surface area contributed by atoms with Crippen LogP contribution in [0.15, 0.2) is 60.8 Å². The number of nitrogen functional groups attached to an aromatic ring is 1. The van der Waals surface area contributed by atoms with E-state index in [2.05, 4.69) is 16.5 Å². The van der Waals surface area contributed by atoms with Gasteiger partial charge in [-0.3, -0.25) is 0 Å². The van der Waals surface area contributed by atoms with Gasteiger partial charge in [0, 0.05) is 24.1 Å². The van der Waals surface area contributed by atoms with Crippen LogP contribution in [-0.2, 0) is 16.6 Å². The number of hydrogen-bond donors (Lipinski definition) is 1. The zero-order chi connectivity index (χ0) is 25.4. The van der Waals surface area contributed by atoms with Gasteiger partial charge in [0.05, 0.1) is 16.5 Å². The molecule has 1 aliphatic rings. The van der Waals surface area contributed by atoms with E-state index in [0.717, 1.165) is 11.0 Å². The molecule has 0 saturated carbocycles. The lowest BCUT2D eigenvalue weighted by Gasteiger charge is -2.14. The highest BCUT2D eigenvalue weighted by Crippen LogP contribution is 2.37. The molecule has 0 spiro atoms. The number of rotatable bonds is 7. The Kier molecular flexibility index (Phi) is 6.37. The molecule has 12 heteroatoms. The van der Waals surface area contributed by atoms with Crippen LogP contribution >= 0.6 is 11.6 Å². The lowest BCUT2D eigenvalue weighted by atomic mass is 10.1. The van der Waals surface area contributed by atoms with Gasteiger partial charge in [0.25, 0.3) is 0 Å². The summed E-state index contributed by atoms with van der Waals surface area (Å²) in [6.45, 7) is 4.22. The first-order valence-corrected chi connectivity index (χ1v) is 12.9. The number of fused-ring (bicyclic) bond motifs is 1. The molecule has 0 aliphatic carbocycles. The maximum absolute atomic E-state index is 13.1. The van der Waals surface area contributed by atoms with Crippen molar-refractivity contribution in [2.45, 2.75) is 19.1 Å². The van der Waals surface area contributed by atoms with Crippen molar-refractivity contribution in [2.24, 2.45) is 0 Å². The van der Waals surface area contributed by atoms with E-state index in [1.165, 1.54) is 22.8 Å². The average molecular weight is 529 g/mol. The van der Waals surface area contributed by atoms with E-state index in [1.807, 2.05) is 0 Å². The van der Waals surface area contributed by atoms with Crippen LogP contribution in [0.3, 0.4) is 0 Å². The standard InChI is InChI=1S/C24H22ClFN6O3S/c1-2-36(33,34)31-10-9-18(12-31)32-24-21(23(27)28-14-29-24)22(30-32)16-5-8-20(19(25)11-16)35-13-15-3-6-17(26)7-4-15/h2-8,11,14,18H,1,9-10,12-13H2,(H2,27,28,29). The number of sulfonamides is 1. The topological polar surface area (TPSA) is 116 Å². The molecular formula is C24H22ClFN6O3S. The molecule has 0 radical (unpaired) electrons. The van der Waals surface area contributed by atoms with Gasteiger partial charge < -0.3 is 10.5 Å². The number of nitrogens with zero attached hydrogens (tertiary/aromatic N) is 5. The molecule has 0 amide bonds. The molecule has 9 nitrogen and oxygen atoms in total. The van der Waals surface area contributed by atoms with Gasteiger partial charge in [-0.25, -0.2) is 27.5 Å². The molecule has 186 valence electrons. The summed E-state index contributed by atoms with van der Waals surface area (Å²) in [4.78, 5) is 8.51. The molecule has 0 bridgehead atoms. The third-order valence-electron chi connectivity index (χ3n) is 6.07. The van der Waals surface area contributed by atoms with Crippen LogP contribution in [0.4, 0.5) is 10.2 Å². The second-order valence-corrected chi connectivity index (χ2v) is 10.6. The summed E-state index contributed by atoms with van der Waals surface area (Å²) in [7, 11) is -3.54. The largest absolute Gasteiger partial charge is 0.487 e. The highest BCUT2D eigenvalue weighted by Gasteiger charge is 2.33. The number of halogens is 2. The lowest BCUT2D eigenvalue weighted by molar-refractivity contribution is 0.306. The summed E-state index contributed by atoms with van der Waals surface area (Å²) in [5.74, 6) is 0.394. The molecule has 3 heterocycles. The number of nitrogens with two attached hydrogens (primary N) is 1. The fraction of sp³-hybridized carbons (Fsp3) is 0.208. The second kappa shape index (κ2) is 9.49. The fourth-order valence-corrected chi connectivity index (χ4v) is 5.39. The van der Waals surface area contributed by atoms with Crippen LogP contribution in [0.2, 0.25) is 5.02 Å². The summed E-state index contributed by atoms with van der Waals surface area (Å²) in [6, 6.07) is 11.0. The number of benzene rings is 2. The Morgan fingerprint density at radius 3 is 2.72 bits per heavy atom. The van der Waals surface area contributed by atoms with Gasteiger partial charge in [-0.2, -0.15) is 9.40 Å². The maximum atomic E-state index is 13.1. The Morgan fingerprint density at radius 2 is 2.00 bits per heavy atom. The van der Waals surface area contributed by atoms with Crippen molar-refractivity contribution < 1.29 is 17.5 Å². The zero-order valence-electron chi connectivity index (χ0n) is 19.0. The Morgan fingerprint density at radius 1 is 1.22 bits per heavy atom. The van der Waals surface area contributed by atoms with Crippen molar-refractivity contribution in [3.8, 4) is 17.0 Å². The Balaban J connectivity index is 1.46. The van der Waals surface area contributed by atoms with Crippen molar-refractivity contribution in [3.63, 3.8) is 0 Å². The van der Waals surface area contributed by atoms with Crippen molar-refractivity contribution >= 4 is 38.5 Å². The van der Waals surface area contributed by atoms with E-state index in [4.69, 9.17) is 27.2 Å². The minimum Gasteiger partial charge on any atom is -0.487 e. The van der Waals surface area contributed by atoms with Crippen molar-refractivity contribution in [1.29, 1.82) is 0 Å². The molecule has 1 unspecified atom stereocenters. The predicted molar refractivity (Wildman–Crippen MR) is 135 cm³/mol. The van der Waals surface area contributed by atoms with Crippen LogP contribution in [0.25, 0.3) is 22.3 Å². The monoisotopic (exact) mass is 528 g/mol. The van der Waals surface area contributed by atoms with Crippen LogP contribution in [0.5, 0.6) is 5.75 Å². The van der Waals surface area contributed by atoms with Crippen LogP contribution in [0.1, 0.15) is 18.0 Å². The third-order valence-corrected chi connectivity index (χ3v) is 7.84. The maximum Gasteiger partial charge on any atom is 0.235 e. The van der Waals surface area contributed by atoms with E-state index in [0.29, 0.717) is 46.0 Å². The molecule has 2 aromatic heterocycles. The molecule has 5 rings (SSSR count). The number of hydrogen-bond acceptors (Lipinski definition) is 7. The quantitative estimate of drug-likeness (QED) is 0.382. The van der Waals surface area contributed by atoms with E-state index < -0.39 is 10.0 Å². The van der Waals surface area contributed by atoms with Gasteiger partial charge in [-0.15, -0.1) is 0 Å². The van der Waals surface area contributed by atoms with E-state index >= 15 is 0 Å². The molecule has 36 heavy (non-hydrogen) atoms. The minimum atomic E-state index is -3.54. The molecule has 1 aliphatic heterocycles. The zero-order valence-corrected chi connectivity index (χ0v) is 20.6. The van der Waals surface area contributed by atoms with Gasteiger partial charge in [-0.05, 0) is 42.3 Å². The number of anilines is 1. The summed E-state index contributed by atoms with van der Waals surface area (Å²) in [5, 5.41) is 6.63. The first-order chi connectivity index (χ1) is 17.3. The Labute approximate surface area is 212 Å². The normalized spacial score (nSPS) is 16.4. The highest BCUT2D eigenvalue weighted by atomic mass is 35.5. The smallest absolute Gasteiger partial charge is 0.235 e. The van der Waals surface area contributed by atoms with Crippen molar-refractivity contribution in [2.75, 3.05) is 18.8 Å². The molecule has 1 atom stereocenters. The summed E-state index contributed by atoms with van der Waals surface area (Å²) < 4.78 is 46.5. The highest BCUT2D eigenvalue weighted by molar-refractivity contribution is 7.92. The minimum absolute atomic E-state index is 0.226. The second-order valence-electron chi connectivity index (χ2n) is 8.32. The molecule has 2 aromatic carbocycles. The SMILES string of the molecule is C=CS(=O)(=O)N1CCC(n2nc(-c3ccc(OCc4ccc(F)cc4)c(Cl)c3)c3c(N)ncnc32)C1. The fourth-order valence-electron chi connectivity index (χ4n) is 4.21. The molecule has 1 fully saturated rings. The molecule has 2 N–H and O–H groups in total. The van der Waals surface area contributed by atoms with Crippen molar-refractivity contribution in [1.82, 2.24) is 24.1 Å². The van der Waals surface area contributed by atoms with Crippen LogP contribution < -0.4 is 10.5 Å². The van der Waals surface area contributed by atoms with Gasteiger partial charge in [0.2, 0.25) is 10.0 Å². The Bertz CT molecular complexity index is 1560. The van der Waals surface area contributed by atoms with Crippen LogP contribution in [0, 0.1) is 5.82 Å². The van der Waals surface area contributed by atoms with Gasteiger partial charge >= 0.3 is 0 Å². The van der Waals surface area contributed by atoms with E-state index in [-0.39, 0.29) is 30.8 Å². The first kappa shape index (κ1) is 24.2. The predicted octanol–water partition coefficient (Wildman–Crippen LogP) is 4.17. The van der Waals surface area contributed by atoms with Gasteiger partial charge in [0.15, 0.2) is 5.65 Å². The lowest BCUT2D eigenvalue weighted by Crippen LogP contribution is -2.27. The van der Waals surface area contributed by atoms with Gasteiger partial charge in [0.1, 0.15) is 36.0 Å². The summed E-state index contributed by atoms with van der Waals surface area (Å²) >= 11 is 6.52. The molecule has 4 aromatic rings. The molecular weight excluding hydrogens is 507 g/mol.